The van der Waals surface area contributed by atoms with Crippen molar-refractivity contribution in [2.24, 2.45) is 0 Å². The summed E-state index contributed by atoms with van der Waals surface area (Å²) in [6.45, 7) is 1.69. The first-order valence-corrected chi connectivity index (χ1v) is 10.8. The van der Waals surface area contributed by atoms with E-state index in [1.54, 1.807) is 36.4 Å². The molecule has 2 aromatic carbocycles. The molecule has 1 aromatic heterocycles. The molecule has 156 valence electrons. The van der Waals surface area contributed by atoms with Gasteiger partial charge >= 0.3 is 0 Å². The van der Waals surface area contributed by atoms with Gasteiger partial charge < -0.3 is 10.2 Å². The lowest BCUT2D eigenvalue weighted by Gasteiger charge is -2.23. The number of hydrogen-bond acceptors (Lipinski definition) is 6. The summed E-state index contributed by atoms with van der Waals surface area (Å²) < 4.78 is 1.28. The fourth-order valence-electron chi connectivity index (χ4n) is 3.45. The zero-order chi connectivity index (χ0) is 22.0. The van der Waals surface area contributed by atoms with Gasteiger partial charge in [-0.3, -0.25) is 19.0 Å². The Labute approximate surface area is 182 Å². The smallest absolute Gasteiger partial charge is 0.261 e. The van der Waals surface area contributed by atoms with Gasteiger partial charge in [0.05, 0.1) is 34.7 Å². The zero-order valence-electron chi connectivity index (χ0n) is 16.7. The number of carbonyl (C=O) groups is 2. The van der Waals surface area contributed by atoms with E-state index in [-0.39, 0.29) is 23.9 Å². The second-order valence-corrected chi connectivity index (χ2v) is 8.21. The van der Waals surface area contributed by atoms with E-state index in [2.05, 4.69) is 10.3 Å². The van der Waals surface area contributed by atoms with E-state index < -0.39 is 6.04 Å². The third-order valence-corrected chi connectivity index (χ3v) is 6.16. The van der Waals surface area contributed by atoms with Gasteiger partial charge in [-0.15, -0.1) is 11.8 Å². The lowest BCUT2D eigenvalue weighted by atomic mass is 10.1. The maximum absolute atomic E-state index is 12.9. The molecular weight excluding hydrogens is 414 g/mol. The van der Waals surface area contributed by atoms with Gasteiger partial charge in [-0.2, -0.15) is 5.26 Å². The molecule has 9 heteroatoms. The fraction of sp³-hybridized carbons (Fsp3) is 0.227. The fourth-order valence-corrected chi connectivity index (χ4v) is 4.63. The Balaban J connectivity index is 1.49. The Hall–Kier alpha value is -3.64. The second-order valence-electron chi connectivity index (χ2n) is 7.21. The van der Waals surface area contributed by atoms with Gasteiger partial charge in [-0.05, 0) is 42.8 Å². The van der Waals surface area contributed by atoms with E-state index in [0.717, 1.165) is 5.56 Å². The van der Waals surface area contributed by atoms with E-state index in [9.17, 15) is 14.4 Å². The minimum absolute atomic E-state index is 0.184. The number of nitrogens with zero attached hydrogens (tertiary/aromatic N) is 4. The molecule has 1 fully saturated rings. The molecule has 0 saturated carbocycles. The molecule has 2 heterocycles. The summed E-state index contributed by atoms with van der Waals surface area (Å²) in [5.41, 5.74) is 2.28. The van der Waals surface area contributed by atoms with Crippen LogP contribution in [0.15, 0.2) is 53.6 Å². The number of anilines is 1. The molecule has 2 amide bonds. The van der Waals surface area contributed by atoms with Crippen molar-refractivity contribution in [3.8, 4) is 6.07 Å². The van der Waals surface area contributed by atoms with Crippen LogP contribution in [0, 0.1) is 18.3 Å². The van der Waals surface area contributed by atoms with E-state index in [4.69, 9.17) is 5.26 Å². The Morgan fingerprint density at radius 2 is 2.03 bits per heavy atom. The molecule has 4 rings (SSSR count). The molecule has 1 saturated heterocycles. The van der Waals surface area contributed by atoms with Gasteiger partial charge in [0, 0.05) is 11.4 Å². The maximum Gasteiger partial charge on any atom is 0.261 e. The minimum Gasteiger partial charge on any atom is -0.324 e. The molecule has 1 atom stereocenters. The summed E-state index contributed by atoms with van der Waals surface area (Å²) in [5, 5.41) is 12.1. The minimum atomic E-state index is -0.639. The van der Waals surface area contributed by atoms with Crippen LogP contribution in [0.5, 0.6) is 0 Å². The molecule has 8 nitrogen and oxygen atoms in total. The van der Waals surface area contributed by atoms with Crippen molar-refractivity contribution in [3.05, 3.63) is 70.3 Å². The lowest BCUT2D eigenvalue weighted by molar-refractivity contribution is -0.136. The van der Waals surface area contributed by atoms with Crippen LogP contribution in [-0.4, -0.2) is 43.9 Å². The van der Waals surface area contributed by atoms with Crippen LogP contribution >= 0.6 is 11.8 Å². The number of aromatic nitrogens is 2. The Morgan fingerprint density at radius 1 is 1.26 bits per heavy atom. The quantitative estimate of drug-likeness (QED) is 0.675. The first-order chi connectivity index (χ1) is 15.0. The number of hydrogen-bond donors (Lipinski definition) is 1. The predicted molar refractivity (Wildman–Crippen MR) is 118 cm³/mol. The third-order valence-electron chi connectivity index (χ3n) is 5.15. The molecule has 31 heavy (non-hydrogen) atoms. The van der Waals surface area contributed by atoms with Gasteiger partial charge in [0.25, 0.3) is 5.56 Å². The van der Waals surface area contributed by atoms with Crippen molar-refractivity contribution >= 4 is 40.2 Å². The number of carbonyl (C=O) groups excluding carboxylic acids is 2. The first-order valence-electron chi connectivity index (χ1n) is 9.61. The van der Waals surface area contributed by atoms with Gasteiger partial charge in [0.1, 0.15) is 12.6 Å². The number of para-hydroxylation sites is 1. The predicted octanol–water partition coefficient (Wildman–Crippen LogP) is 2.12. The van der Waals surface area contributed by atoms with Crippen LogP contribution in [0.3, 0.4) is 0 Å². The third kappa shape index (κ3) is 4.15. The SMILES string of the molecule is Cc1cccc2c(=O)n(CC(=O)N3CSCC3C(=O)Nc3ccc(C#N)cc3)cnc12. The molecule has 3 aromatic rings. The summed E-state index contributed by atoms with van der Waals surface area (Å²) in [4.78, 5) is 44.3. The highest BCUT2D eigenvalue weighted by Crippen LogP contribution is 2.23. The first kappa shape index (κ1) is 20.6. The second kappa shape index (κ2) is 8.62. The monoisotopic (exact) mass is 433 g/mol. The molecule has 1 unspecified atom stereocenters. The molecule has 1 N–H and O–H groups in total. The van der Waals surface area contributed by atoms with Crippen LogP contribution in [0.25, 0.3) is 10.9 Å². The summed E-state index contributed by atoms with van der Waals surface area (Å²) >= 11 is 1.48. The molecule has 1 aliphatic rings. The normalized spacial score (nSPS) is 15.6. The largest absolute Gasteiger partial charge is 0.324 e. The van der Waals surface area contributed by atoms with Crippen LogP contribution in [0.2, 0.25) is 0 Å². The van der Waals surface area contributed by atoms with E-state index in [0.29, 0.717) is 33.8 Å². The van der Waals surface area contributed by atoms with E-state index >= 15 is 0 Å². The molecule has 0 aliphatic carbocycles. The van der Waals surface area contributed by atoms with Crippen LogP contribution < -0.4 is 10.9 Å². The molecule has 0 spiro atoms. The van der Waals surface area contributed by atoms with Crippen molar-refractivity contribution in [1.29, 1.82) is 5.26 Å². The van der Waals surface area contributed by atoms with Gasteiger partial charge in [0.2, 0.25) is 11.8 Å². The maximum atomic E-state index is 12.9. The number of nitriles is 1. The Kier molecular flexibility index (Phi) is 5.73. The number of aryl methyl sites for hydroxylation is 1. The van der Waals surface area contributed by atoms with Crippen LogP contribution in [0.4, 0.5) is 5.69 Å². The van der Waals surface area contributed by atoms with Crippen molar-refractivity contribution < 1.29 is 9.59 Å². The van der Waals surface area contributed by atoms with Crippen molar-refractivity contribution in [3.63, 3.8) is 0 Å². The summed E-state index contributed by atoms with van der Waals surface area (Å²) in [5.74, 6) is 0.223. The van der Waals surface area contributed by atoms with E-state index in [1.165, 1.54) is 27.6 Å². The lowest BCUT2D eigenvalue weighted by Crippen LogP contribution is -2.46. The molecular formula is C22H19N5O3S. The van der Waals surface area contributed by atoms with Gasteiger partial charge in [0.15, 0.2) is 0 Å². The average molecular weight is 433 g/mol. The van der Waals surface area contributed by atoms with Crippen molar-refractivity contribution in [2.75, 3.05) is 16.9 Å². The molecule has 0 radical (unpaired) electrons. The van der Waals surface area contributed by atoms with Crippen LogP contribution in [0.1, 0.15) is 11.1 Å². The molecule has 1 aliphatic heterocycles. The summed E-state index contributed by atoms with van der Waals surface area (Å²) in [6, 6.07) is 13.3. The number of fused-ring (bicyclic) bond motifs is 1. The topological polar surface area (TPSA) is 108 Å². The van der Waals surface area contributed by atoms with E-state index in [1.807, 2.05) is 19.1 Å². The van der Waals surface area contributed by atoms with Crippen molar-refractivity contribution in [2.45, 2.75) is 19.5 Å². The molecule has 0 bridgehead atoms. The number of thioether (sulfide) groups is 1. The number of benzene rings is 2. The zero-order valence-corrected chi connectivity index (χ0v) is 17.6. The standard InChI is InChI=1S/C22H19N5O3S/c1-14-3-2-4-17-20(14)24-12-26(22(17)30)10-19(28)27-13-31-11-18(27)21(29)25-16-7-5-15(9-23)6-8-16/h2-8,12,18H,10-11,13H2,1H3,(H,25,29). The van der Waals surface area contributed by atoms with Crippen LogP contribution in [-0.2, 0) is 16.1 Å². The highest BCUT2D eigenvalue weighted by Gasteiger charge is 2.34. The van der Waals surface area contributed by atoms with Gasteiger partial charge in [-0.1, -0.05) is 12.1 Å². The highest BCUT2D eigenvalue weighted by molar-refractivity contribution is 7.99. The van der Waals surface area contributed by atoms with Gasteiger partial charge in [-0.25, -0.2) is 4.98 Å². The summed E-state index contributed by atoms with van der Waals surface area (Å²) in [6.07, 6.45) is 1.38. The number of nitrogens with one attached hydrogen (secondary N) is 1. The summed E-state index contributed by atoms with van der Waals surface area (Å²) in [7, 11) is 0. The number of rotatable bonds is 4. The Bertz CT molecular complexity index is 1260. The van der Waals surface area contributed by atoms with Crippen molar-refractivity contribution in [1.82, 2.24) is 14.5 Å². The Morgan fingerprint density at radius 3 is 2.77 bits per heavy atom. The highest BCUT2D eigenvalue weighted by atomic mass is 32.2. The average Bonchev–Trinajstić information content (AvgIpc) is 3.27. The number of amides is 2.